The first-order chi connectivity index (χ1) is 16.1. The van der Waals surface area contributed by atoms with Gasteiger partial charge in [0.2, 0.25) is 0 Å². The maximum absolute atomic E-state index is 14.4. The van der Waals surface area contributed by atoms with Gasteiger partial charge >= 0.3 is 11.9 Å². The van der Waals surface area contributed by atoms with Crippen LogP contribution in [-0.4, -0.2) is 20.5 Å². The Bertz CT molecular complexity index is 1380. The lowest BCUT2D eigenvalue weighted by Gasteiger charge is -2.08. The molecule has 4 rings (SSSR count). The van der Waals surface area contributed by atoms with Crippen molar-refractivity contribution in [2.45, 2.75) is 25.7 Å². The molecule has 0 fully saturated rings. The van der Waals surface area contributed by atoms with Crippen LogP contribution in [0.25, 0.3) is 22.5 Å². The van der Waals surface area contributed by atoms with Gasteiger partial charge in [0.1, 0.15) is 5.82 Å². The van der Waals surface area contributed by atoms with Crippen LogP contribution in [0.3, 0.4) is 0 Å². The molecule has 1 heterocycles. The van der Waals surface area contributed by atoms with Crippen molar-refractivity contribution in [2.24, 2.45) is 0 Å². The molecular formula is C24H17Cl2F4N3O. The number of aromatic nitrogens is 3. The Morgan fingerprint density at radius 3 is 2.29 bits per heavy atom. The van der Waals surface area contributed by atoms with Gasteiger partial charge in [0.05, 0.1) is 13.0 Å². The topological polar surface area (TPSA) is 39.8 Å². The van der Waals surface area contributed by atoms with Gasteiger partial charge in [0.15, 0.2) is 5.82 Å². The second kappa shape index (κ2) is 9.64. The van der Waals surface area contributed by atoms with Crippen LogP contribution in [0, 0.1) is 5.82 Å². The van der Waals surface area contributed by atoms with E-state index < -0.39 is 30.6 Å². The third-order valence-corrected chi connectivity index (χ3v) is 5.70. The normalized spacial score (nSPS) is 11.7. The molecule has 34 heavy (non-hydrogen) atoms. The van der Waals surface area contributed by atoms with Crippen LogP contribution >= 0.6 is 23.2 Å². The third-order valence-electron chi connectivity index (χ3n) is 5.12. The van der Waals surface area contributed by atoms with Crippen LogP contribution in [0.2, 0.25) is 10.0 Å². The van der Waals surface area contributed by atoms with E-state index in [1.165, 1.54) is 12.1 Å². The molecule has 0 bridgehead atoms. The Hall–Kier alpha value is -3.10. The molecule has 3 aromatic carbocycles. The fraction of sp³-hybridized carbons (Fsp3) is 0.167. The van der Waals surface area contributed by atoms with E-state index >= 15 is 0 Å². The average Bonchev–Trinajstić information content (AvgIpc) is 3.07. The first-order valence-electron chi connectivity index (χ1n) is 10.2. The van der Waals surface area contributed by atoms with E-state index in [1.807, 2.05) is 0 Å². The van der Waals surface area contributed by atoms with Gasteiger partial charge in [-0.3, -0.25) is 4.57 Å². The number of alkyl halides is 3. The molecule has 0 N–H and O–H groups in total. The molecule has 0 unspecified atom stereocenters. The summed E-state index contributed by atoms with van der Waals surface area (Å²) in [7, 11) is 0. The fourth-order valence-corrected chi connectivity index (χ4v) is 3.93. The second-order valence-corrected chi connectivity index (χ2v) is 8.46. The van der Waals surface area contributed by atoms with E-state index in [2.05, 4.69) is 5.10 Å². The molecule has 4 aromatic rings. The Labute approximate surface area is 202 Å². The SMILES string of the molecule is O=c1n(Cc2cc(F)cc(-c3ccccc3Cl)c2)nc(-c2ccc(Cl)cc2)n1CCC(F)(F)F. The summed E-state index contributed by atoms with van der Waals surface area (Å²) in [5.74, 6) is -0.483. The maximum Gasteiger partial charge on any atom is 0.390 e. The molecule has 0 amide bonds. The van der Waals surface area contributed by atoms with Crippen molar-refractivity contribution >= 4 is 23.2 Å². The average molecular weight is 510 g/mol. The number of benzene rings is 3. The van der Waals surface area contributed by atoms with E-state index in [-0.39, 0.29) is 12.4 Å². The van der Waals surface area contributed by atoms with E-state index in [1.54, 1.807) is 54.6 Å². The number of halogens is 6. The van der Waals surface area contributed by atoms with Gasteiger partial charge in [-0.1, -0.05) is 41.4 Å². The molecule has 0 radical (unpaired) electrons. The highest BCUT2D eigenvalue weighted by Crippen LogP contribution is 2.29. The number of nitrogens with zero attached hydrogens (tertiary/aromatic N) is 3. The van der Waals surface area contributed by atoms with Crippen molar-refractivity contribution in [1.29, 1.82) is 0 Å². The molecule has 176 valence electrons. The molecule has 0 aliphatic rings. The highest BCUT2D eigenvalue weighted by molar-refractivity contribution is 6.33. The van der Waals surface area contributed by atoms with Crippen LogP contribution in [0.4, 0.5) is 17.6 Å². The standard InChI is InChI=1S/C24H17Cl2F4N3O/c25-18-7-5-16(6-8-18)22-31-33(23(34)32(22)10-9-24(28,29)30)14-15-11-17(13-19(27)12-15)20-3-1-2-4-21(20)26/h1-8,11-13H,9-10,14H2. The zero-order chi connectivity index (χ0) is 24.5. The molecule has 0 aliphatic heterocycles. The summed E-state index contributed by atoms with van der Waals surface area (Å²) in [6.07, 6.45) is -5.65. The summed E-state index contributed by atoms with van der Waals surface area (Å²) in [6.45, 7) is -0.748. The molecule has 0 saturated carbocycles. The minimum atomic E-state index is -4.45. The van der Waals surface area contributed by atoms with Crippen molar-refractivity contribution in [3.8, 4) is 22.5 Å². The number of rotatable bonds is 6. The first kappa shape index (κ1) is 24.0. The fourth-order valence-electron chi connectivity index (χ4n) is 3.56. The summed E-state index contributed by atoms with van der Waals surface area (Å²) in [6, 6.07) is 17.4. The van der Waals surface area contributed by atoms with Gasteiger partial charge in [-0.2, -0.15) is 13.2 Å². The Balaban J connectivity index is 1.74. The zero-order valence-electron chi connectivity index (χ0n) is 17.5. The van der Waals surface area contributed by atoms with Gasteiger partial charge in [-0.05, 0) is 59.7 Å². The smallest absolute Gasteiger partial charge is 0.275 e. The lowest BCUT2D eigenvalue weighted by atomic mass is 10.0. The molecule has 0 aliphatic carbocycles. The Morgan fingerprint density at radius 1 is 0.912 bits per heavy atom. The molecular weight excluding hydrogens is 493 g/mol. The largest absolute Gasteiger partial charge is 0.390 e. The highest BCUT2D eigenvalue weighted by atomic mass is 35.5. The summed E-state index contributed by atoms with van der Waals surface area (Å²) < 4.78 is 55.0. The summed E-state index contributed by atoms with van der Waals surface area (Å²) in [4.78, 5) is 13.0. The highest BCUT2D eigenvalue weighted by Gasteiger charge is 2.28. The summed E-state index contributed by atoms with van der Waals surface area (Å²) in [5.41, 5.74) is 1.20. The van der Waals surface area contributed by atoms with Crippen molar-refractivity contribution in [3.63, 3.8) is 0 Å². The molecule has 0 atom stereocenters. The monoisotopic (exact) mass is 509 g/mol. The van der Waals surface area contributed by atoms with E-state index in [4.69, 9.17) is 23.2 Å². The first-order valence-corrected chi connectivity index (χ1v) is 10.9. The second-order valence-electron chi connectivity index (χ2n) is 7.62. The van der Waals surface area contributed by atoms with Crippen LogP contribution in [0.5, 0.6) is 0 Å². The maximum atomic E-state index is 14.4. The third kappa shape index (κ3) is 5.51. The number of hydrogen-bond donors (Lipinski definition) is 0. The van der Waals surface area contributed by atoms with E-state index in [0.29, 0.717) is 32.3 Å². The van der Waals surface area contributed by atoms with Gasteiger partial charge in [0.25, 0.3) is 0 Å². The molecule has 0 spiro atoms. The predicted molar refractivity (Wildman–Crippen MR) is 124 cm³/mol. The van der Waals surface area contributed by atoms with Crippen LogP contribution in [-0.2, 0) is 13.1 Å². The lowest BCUT2D eigenvalue weighted by molar-refractivity contribution is -0.136. The van der Waals surface area contributed by atoms with Crippen LogP contribution in [0.15, 0.2) is 71.5 Å². The molecule has 1 aromatic heterocycles. The van der Waals surface area contributed by atoms with Crippen LogP contribution < -0.4 is 5.69 Å². The van der Waals surface area contributed by atoms with Gasteiger partial charge in [-0.25, -0.2) is 13.9 Å². The minimum Gasteiger partial charge on any atom is -0.275 e. The zero-order valence-corrected chi connectivity index (χ0v) is 19.0. The number of hydrogen-bond acceptors (Lipinski definition) is 2. The lowest BCUT2D eigenvalue weighted by Crippen LogP contribution is -2.27. The summed E-state index contributed by atoms with van der Waals surface area (Å²) in [5, 5.41) is 5.12. The molecule has 10 heteroatoms. The summed E-state index contributed by atoms with van der Waals surface area (Å²) >= 11 is 12.1. The Morgan fingerprint density at radius 2 is 1.62 bits per heavy atom. The van der Waals surface area contributed by atoms with Crippen molar-refractivity contribution in [1.82, 2.24) is 14.3 Å². The van der Waals surface area contributed by atoms with Gasteiger partial charge < -0.3 is 0 Å². The predicted octanol–water partition coefficient (Wildman–Crippen LogP) is 6.83. The van der Waals surface area contributed by atoms with Gasteiger partial charge in [0, 0.05) is 27.7 Å². The van der Waals surface area contributed by atoms with Crippen LogP contribution in [0.1, 0.15) is 12.0 Å². The van der Waals surface area contributed by atoms with Crippen molar-refractivity contribution in [2.75, 3.05) is 0 Å². The van der Waals surface area contributed by atoms with Gasteiger partial charge in [-0.15, -0.1) is 5.10 Å². The minimum absolute atomic E-state index is 0.0636. The molecule has 4 nitrogen and oxygen atoms in total. The quantitative estimate of drug-likeness (QED) is 0.267. The van der Waals surface area contributed by atoms with Crippen molar-refractivity contribution < 1.29 is 17.6 Å². The molecule has 0 saturated heterocycles. The van der Waals surface area contributed by atoms with E-state index in [0.717, 1.165) is 9.25 Å². The Kier molecular flexibility index (Phi) is 6.81. The van der Waals surface area contributed by atoms with E-state index in [9.17, 15) is 22.4 Å². The van der Waals surface area contributed by atoms with Crippen molar-refractivity contribution in [3.05, 3.63) is 98.6 Å².